The van der Waals surface area contributed by atoms with Gasteiger partial charge in [-0.15, -0.1) is 0 Å². The van der Waals surface area contributed by atoms with Crippen molar-refractivity contribution in [2.75, 3.05) is 44.7 Å². The molecule has 8 nitrogen and oxygen atoms in total. The van der Waals surface area contributed by atoms with Crippen LogP contribution in [0.5, 0.6) is 0 Å². The minimum absolute atomic E-state index is 0.0435. The minimum atomic E-state index is -0.271. The van der Waals surface area contributed by atoms with Crippen LogP contribution in [0.4, 0.5) is 5.82 Å². The van der Waals surface area contributed by atoms with Crippen LogP contribution in [0.2, 0.25) is 0 Å². The van der Waals surface area contributed by atoms with Gasteiger partial charge in [0, 0.05) is 25.7 Å². The first kappa shape index (κ1) is 18.8. The van der Waals surface area contributed by atoms with E-state index in [-0.39, 0.29) is 23.8 Å². The van der Waals surface area contributed by atoms with E-state index < -0.39 is 0 Å². The van der Waals surface area contributed by atoms with Gasteiger partial charge in [-0.25, -0.2) is 0 Å². The number of anilines is 1. The van der Waals surface area contributed by atoms with Crippen LogP contribution in [-0.2, 0) is 14.3 Å². The molecule has 1 aromatic heterocycles. The van der Waals surface area contributed by atoms with E-state index in [0.29, 0.717) is 50.8 Å². The number of nitrogens with zero attached hydrogens (tertiary/aromatic N) is 3. The summed E-state index contributed by atoms with van der Waals surface area (Å²) < 4.78 is 10.3. The van der Waals surface area contributed by atoms with Gasteiger partial charge in [0.2, 0.25) is 11.8 Å². The van der Waals surface area contributed by atoms with Crippen LogP contribution < -0.4 is 5.32 Å². The maximum absolute atomic E-state index is 12.8. The Bertz CT molecular complexity index is 626. The van der Waals surface area contributed by atoms with Crippen molar-refractivity contribution in [1.82, 2.24) is 15.0 Å². The Morgan fingerprint density at radius 3 is 2.77 bits per heavy atom. The lowest BCUT2D eigenvalue weighted by Gasteiger charge is -2.39. The monoisotopic (exact) mass is 364 g/mol. The largest absolute Gasteiger partial charge is 0.378 e. The SMILES string of the molecule is CCC(C(=O)Nc1cc(C)on1)N1CCCC(C(=O)N2CCOCC2)C1. The van der Waals surface area contributed by atoms with Crippen LogP contribution in [0, 0.1) is 12.8 Å². The van der Waals surface area contributed by atoms with Crippen LogP contribution in [0.3, 0.4) is 0 Å². The first-order chi connectivity index (χ1) is 12.6. The molecule has 2 aliphatic rings. The molecule has 2 aliphatic heterocycles. The zero-order valence-electron chi connectivity index (χ0n) is 15.6. The number of morpholine rings is 1. The Hall–Kier alpha value is -1.93. The Morgan fingerprint density at radius 1 is 1.35 bits per heavy atom. The summed E-state index contributed by atoms with van der Waals surface area (Å²) in [4.78, 5) is 29.5. The Balaban J connectivity index is 1.60. The first-order valence-electron chi connectivity index (χ1n) is 9.43. The van der Waals surface area contributed by atoms with Crippen molar-refractivity contribution in [2.24, 2.45) is 5.92 Å². The predicted octanol–water partition coefficient (Wildman–Crippen LogP) is 1.27. The third-order valence-corrected chi connectivity index (χ3v) is 5.13. The van der Waals surface area contributed by atoms with Gasteiger partial charge < -0.3 is 19.5 Å². The summed E-state index contributed by atoms with van der Waals surface area (Å²) >= 11 is 0. The topological polar surface area (TPSA) is 87.9 Å². The number of carbonyl (C=O) groups excluding carboxylic acids is 2. The number of piperidine rings is 1. The van der Waals surface area contributed by atoms with Gasteiger partial charge in [0.25, 0.3) is 0 Å². The fourth-order valence-electron chi connectivity index (χ4n) is 3.78. The molecular weight excluding hydrogens is 336 g/mol. The number of hydrogen-bond donors (Lipinski definition) is 1. The molecule has 144 valence electrons. The number of rotatable bonds is 5. The molecule has 26 heavy (non-hydrogen) atoms. The van der Waals surface area contributed by atoms with Gasteiger partial charge in [0.15, 0.2) is 5.82 Å². The first-order valence-corrected chi connectivity index (χ1v) is 9.43. The molecule has 0 spiro atoms. The summed E-state index contributed by atoms with van der Waals surface area (Å²) in [5.74, 6) is 1.14. The number of aromatic nitrogens is 1. The molecule has 2 fully saturated rings. The molecule has 1 aromatic rings. The molecule has 3 heterocycles. The molecule has 0 aromatic carbocycles. The molecule has 0 radical (unpaired) electrons. The zero-order chi connectivity index (χ0) is 18.5. The van der Waals surface area contributed by atoms with E-state index in [9.17, 15) is 9.59 Å². The number of ether oxygens (including phenoxy) is 1. The smallest absolute Gasteiger partial charge is 0.242 e. The van der Waals surface area contributed by atoms with E-state index in [1.165, 1.54) is 0 Å². The minimum Gasteiger partial charge on any atom is -0.378 e. The molecule has 2 atom stereocenters. The normalized spacial score (nSPS) is 22.8. The standard InChI is InChI=1S/C18H28N4O4/c1-3-15(17(23)19-16-11-13(2)26-20-16)22-6-4-5-14(12-22)18(24)21-7-9-25-10-8-21/h11,14-15H,3-10,12H2,1-2H3,(H,19,20,23). The van der Waals surface area contributed by atoms with Crippen molar-refractivity contribution in [3.05, 3.63) is 11.8 Å². The fraction of sp³-hybridized carbons (Fsp3) is 0.722. The van der Waals surface area contributed by atoms with Crippen molar-refractivity contribution in [1.29, 1.82) is 0 Å². The molecule has 0 aliphatic carbocycles. The van der Waals surface area contributed by atoms with Gasteiger partial charge in [-0.3, -0.25) is 14.5 Å². The third kappa shape index (κ3) is 4.42. The van der Waals surface area contributed by atoms with Crippen LogP contribution in [0.15, 0.2) is 10.6 Å². The summed E-state index contributed by atoms with van der Waals surface area (Å²) in [6.45, 7) is 7.78. The Morgan fingerprint density at radius 2 is 2.12 bits per heavy atom. The maximum Gasteiger partial charge on any atom is 0.242 e. The van der Waals surface area contributed by atoms with Crippen molar-refractivity contribution >= 4 is 17.6 Å². The van der Waals surface area contributed by atoms with E-state index in [1.54, 1.807) is 13.0 Å². The zero-order valence-corrected chi connectivity index (χ0v) is 15.6. The highest BCUT2D eigenvalue weighted by Gasteiger charge is 2.34. The number of hydrogen-bond acceptors (Lipinski definition) is 6. The summed E-state index contributed by atoms with van der Waals surface area (Å²) in [5.41, 5.74) is 0. The highest BCUT2D eigenvalue weighted by Crippen LogP contribution is 2.23. The second-order valence-electron chi connectivity index (χ2n) is 7.01. The Labute approximate surface area is 153 Å². The molecule has 2 amide bonds. The quantitative estimate of drug-likeness (QED) is 0.847. The lowest BCUT2D eigenvalue weighted by Crippen LogP contribution is -2.52. The lowest BCUT2D eigenvalue weighted by atomic mass is 9.94. The van der Waals surface area contributed by atoms with E-state index in [2.05, 4.69) is 15.4 Å². The van der Waals surface area contributed by atoms with Gasteiger partial charge in [-0.05, 0) is 32.7 Å². The molecule has 0 saturated carbocycles. The molecule has 1 N–H and O–H groups in total. The lowest BCUT2D eigenvalue weighted by molar-refractivity contribution is -0.142. The van der Waals surface area contributed by atoms with Crippen LogP contribution in [-0.4, -0.2) is 72.2 Å². The van der Waals surface area contributed by atoms with Gasteiger partial charge in [-0.2, -0.15) is 0 Å². The number of likely N-dealkylation sites (tertiary alicyclic amines) is 1. The van der Waals surface area contributed by atoms with Gasteiger partial charge >= 0.3 is 0 Å². The van der Waals surface area contributed by atoms with Gasteiger partial charge in [-0.1, -0.05) is 12.1 Å². The number of carbonyl (C=O) groups is 2. The van der Waals surface area contributed by atoms with Gasteiger partial charge in [0.05, 0.1) is 25.2 Å². The summed E-state index contributed by atoms with van der Waals surface area (Å²) in [5, 5.41) is 6.65. The highest BCUT2D eigenvalue weighted by molar-refractivity contribution is 5.94. The summed E-state index contributed by atoms with van der Waals surface area (Å²) in [7, 11) is 0. The van der Waals surface area contributed by atoms with E-state index in [1.807, 2.05) is 11.8 Å². The fourth-order valence-corrected chi connectivity index (χ4v) is 3.78. The highest BCUT2D eigenvalue weighted by atomic mass is 16.5. The molecule has 3 rings (SSSR count). The van der Waals surface area contributed by atoms with E-state index in [4.69, 9.17) is 9.26 Å². The molecule has 8 heteroatoms. The molecular formula is C18H28N4O4. The van der Waals surface area contributed by atoms with Crippen molar-refractivity contribution in [3.63, 3.8) is 0 Å². The average molecular weight is 364 g/mol. The summed E-state index contributed by atoms with van der Waals surface area (Å²) in [6.07, 6.45) is 2.49. The second-order valence-corrected chi connectivity index (χ2v) is 7.01. The predicted molar refractivity (Wildman–Crippen MR) is 95.6 cm³/mol. The number of nitrogens with one attached hydrogen (secondary N) is 1. The summed E-state index contributed by atoms with van der Waals surface area (Å²) in [6, 6.07) is 1.43. The Kier molecular flexibility index (Phi) is 6.26. The van der Waals surface area contributed by atoms with Crippen molar-refractivity contribution < 1.29 is 18.8 Å². The van der Waals surface area contributed by atoms with Crippen molar-refractivity contribution in [3.8, 4) is 0 Å². The molecule has 0 bridgehead atoms. The van der Waals surface area contributed by atoms with Crippen LogP contribution >= 0.6 is 0 Å². The molecule has 2 unspecified atom stereocenters. The van der Waals surface area contributed by atoms with Crippen molar-refractivity contribution in [2.45, 2.75) is 39.2 Å². The van der Waals surface area contributed by atoms with Crippen LogP contribution in [0.1, 0.15) is 31.9 Å². The number of aryl methyl sites for hydroxylation is 1. The number of amides is 2. The maximum atomic E-state index is 12.8. The van der Waals surface area contributed by atoms with E-state index in [0.717, 1.165) is 19.4 Å². The van der Waals surface area contributed by atoms with E-state index >= 15 is 0 Å². The van der Waals surface area contributed by atoms with Crippen LogP contribution in [0.25, 0.3) is 0 Å². The third-order valence-electron chi connectivity index (χ3n) is 5.13. The van der Waals surface area contributed by atoms with Gasteiger partial charge in [0.1, 0.15) is 5.76 Å². The second kappa shape index (κ2) is 8.64. The average Bonchev–Trinajstić information content (AvgIpc) is 3.07. The molecule has 2 saturated heterocycles.